The Kier molecular flexibility index (Phi) is 7.01. The SMILES string of the molecule is CCNS(=O)(=O)c1ccc(C)c(C(=O)N2CCCC2CN)c1.Cl. The van der Waals surface area contributed by atoms with Gasteiger partial charge in [-0.1, -0.05) is 13.0 Å². The van der Waals surface area contributed by atoms with Gasteiger partial charge in [-0.15, -0.1) is 12.4 Å². The zero-order valence-electron chi connectivity index (χ0n) is 13.4. The van der Waals surface area contributed by atoms with Crippen LogP contribution in [-0.4, -0.2) is 44.9 Å². The minimum absolute atomic E-state index is 0. The second-order valence-corrected chi connectivity index (χ2v) is 7.28. The van der Waals surface area contributed by atoms with Gasteiger partial charge in [-0.3, -0.25) is 4.79 Å². The number of hydrogen-bond acceptors (Lipinski definition) is 4. The van der Waals surface area contributed by atoms with E-state index in [0.717, 1.165) is 18.4 Å². The van der Waals surface area contributed by atoms with Crippen LogP contribution >= 0.6 is 12.4 Å². The van der Waals surface area contributed by atoms with Crippen molar-refractivity contribution in [1.82, 2.24) is 9.62 Å². The molecule has 1 unspecified atom stereocenters. The molecule has 0 saturated carbocycles. The predicted octanol–water partition coefficient (Wildman–Crippen LogP) is 1.28. The molecule has 23 heavy (non-hydrogen) atoms. The quantitative estimate of drug-likeness (QED) is 0.826. The molecule has 8 heteroatoms. The zero-order chi connectivity index (χ0) is 16.3. The van der Waals surface area contributed by atoms with Crippen LogP contribution < -0.4 is 10.5 Å². The Morgan fingerprint density at radius 3 is 2.74 bits per heavy atom. The van der Waals surface area contributed by atoms with Crippen molar-refractivity contribution in [3.8, 4) is 0 Å². The molecule has 6 nitrogen and oxygen atoms in total. The van der Waals surface area contributed by atoms with Crippen LogP contribution in [0.2, 0.25) is 0 Å². The molecule has 1 amide bonds. The number of carbonyl (C=O) groups is 1. The fraction of sp³-hybridized carbons (Fsp3) is 0.533. The molecule has 0 aliphatic carbocycles. The summed E-state index contributed by atoms with van der Waals surface area (Å²) in [7, 11) is -3.57. The Hall–Kier alpha value is -1.15. The first kappa shape index (κ1) is 19.9. The molecular formula is C15H24ClN3O3S. The number of rotatable bonds is 5. The van der Waals surface area contributed by atoms with Crippen molar-refractivity contribution in [2.75, 3.05) is 19.6 Å². The summed E-state index contributed by atoms with van der Waals surface area (Å²) in [5.41, 5.74) is 6.91. The number of nitrogens with one attached hydrogen (secondary N) is 1. The predicted molar refractivity (Wildman–Crippen MR) is 92.4 cm³/mol. The van der Waals surface area contributed by atoms with Gasteiger partial charge in [-0.05, 0) is 37.5 Å². The summed E-state index contributed by atoms with van der Waals surface area (Å²) in [6.45, 7) is 4.93. The highest BCUT2D eigenvalue weighted by Gasteiger charge is 2.29. The van der Waals surface area contributed by atoms with Gasteiger partial charge in [0.15, 0.2) is 0 Å². The van der Waals surface area contributed by atoms with Crippen LogP contribution in [0.1, 0.15) is 35.7 Å². The lowest BCUT2D eigenvalue weighted by atomic mass is 10.1. The number of hydrogen-bond donors (Lipinski definition) is 2. The number of sulfonamides is 1. The Morgan fingerprint density at radius 2 is 2.13 bits per heavy atom. The van der Waals surface area contributed by atoms with Crippen LogP contribution in [0.4, 0.5) is 0 Å². The molecule has 2 rings (SSSR count). The number of likely N-dealkylation sites (tertiary alicyclic amines) is 1. The summed E-state index contributed by atoms with van der Waals surface area (Å²) in [4.78, 5) is 14.6. The van der Waals surface area contributed by atoms with Crippen LogP contribution in [0.5, 0.6) is 0 Å². The molecule has 1 atom stereocenters. The summed E-state index contributed by atoms with van der Waals surface area (Å²) in [5, 5.41) is 0. The number of aryl methyl sites for hydroxylation is 1. The lowest BCUT2D eigenvalue weighted by Crippen LogP contribution is -2.40. The van der Waals surface area contributed by atoms with E-state index in [-0.39, 0.29) is 29.3 Å². The number of carbonyl (C=O) groups excluding carboxylic acids is 1. The molecule has 1 heterocycles. The minimum atomic E-state index is -3.57. The van der Waals surface area contributed by atoms with E-state index in [1.165, 1.54) is 12.1 Å². The van der Waals surface area contributed by atoms with E-state index in [2.05, 4.69) is 4.72 Å². The summed E-state index contributed by atoms with van der Waals surface area (Å²) in [6.07, 6.45) is 1.83. The van der Waals surface area contributed by atoms with Gasteiger partial charge in [0.2, 0.25) is 10.0 Å². The highest BCUT2D eigenvalue weighted by atomic mass is 35.5. The summed E-state index contributed by atoms with van der Waals surface area (Å²) >= 11 is 0. The first-order chi connectivity index (χ1) is 10.4. The number of halogens is 1. The summed E-state index contributed by atoms with van der Waals surface area (Å²) in [5.74, 6) is -0.140. The number of benzene rings is 1. The van der Waals surface area contributed by atoms with Gasteiger partial charge >= 0.3 is 0 Å². The van der Waals surface area contributed by atoms with Gasteiger partial charge in [0.25, 0.3) is 5.91 Å². The van der Waals surface area contributed by atoms with Gasteiger partial charge in [-0.25, -0.2) is 13.1 Å². The van der Waals surface area contributed by atoms with Crippen molar-refractivity contribution >= 4 is 28.3 Å². The largest absolute Gasteiger partial charge is 0.334 e. The van der Waals surface area contributed by atoms with E-state index in [1.54, 1.807) is 17.9 Å². The molecule has 130 valence electrons. The van der Waals surface area contributed by atoms with Crippen LogP contribution in [0.15, 0.2) is 23.1 Å². The third-order valence-corrected chi connectivity index (χ3v) is 5.54. The summed E-state index contributed by atoms with van der Waals surface area (Å²) < 4.78 is 26.6. The maximum Gasteiger partial charge on any atom is 0.254 e. The minimum Gasteiger partial charge on any atom is -0.334 e. The molecule has 1 fully saturated rings. The third-order valence-electron chi connectivity index (χ3n) is 3.99. The molecule has 1 aromatic rings. The standard InChI is InChI=1S/C15H23N3O3S.ClH/c1-3-17-22(20,21)13-7-6-11(2)14(9-13)15(19)18-8-4-5-12(18)10-16;/h6-7,9,12,17H,3-5,8,10,16H2,1-2H3;1H. The molecule has 1 aromatic carbocycles. The van der Waals surface area contributed by atoms with Crippen molar-refractivity contribution in [2.45, 2.75) is 37.6 Å². The molecule has 0 bridgehead atoms. The van der Waals surface area contributed by atoms with Crippen LogP contribution in [-0.2, 0) is 10.0 Å². The van der Waals surface area contributed by atoms with E-state index in [0.29, 0.717) is 25.2 Å². The maximum absolute atomic E-state index is 12.7. The Labute approximate surface area is 143 Å². The molecule has 0 spiro atoms. The van der Waals surface area contributed by atoms with E-state index >= 15 is 0 Å². The van der Waals surface area contributed by atoms with Crippen molar-refractivity contribution < 1.29 is 13.2 Å². The van der Waals surface area contributed by atoms with Gasteiger partial charge in [0.05, 0.1) is 4.90 Å². The first-order valence-electron chi connectivity index (χ1n) is 7.52. The van der Waals surface area contributed by atoms with Crippen molar-refractivity contribution in [3.05, 3.63) is 29.3 Å². The van der Waals surface area contributed by atoms with Gasteiger partial charge < -0.3 is 10.6 Å². The molecule has 0 aromatic heterocycles. The van der Waals surface area contributed by atoms with Crippen LogP contribution in [0.3, 0.4) is 0 Å². The summed E-state index contributed by atoms with van der Waals surface area (Å²) in [6, 6.07) is 4.70. The maximum atomic E-state index is 12.7. The molecule has 0 radical (unpaired) electrons. The zero-order valence-corrected chi connectivity index (χ0v) is 15.0. The molecular weight excluding hydrogens is 338 g/mol. The second-order valence-electron chi connectivity index (χ2n) is 5.51. The monoisotopic (exact) mass is 361 g/mol. The molecule has 3 N–H and O–H groups in total. The number of nitrogens with two attached hydrogens (primary N) is 1. The smallest absolute Gasteiger partial charge is 0.254 e. The van der Waals surface area contributed by atoms with Gasteiger partial charge in [-0.2, -0.15) is 0 Å². The fourth-order valence-corrected chi connectivity index (χ4v) is 3.84. The third kappa shape index (κ3) is 4.23. The van der Waals surface area contributed by atoms with Gasteiger partial charge in [0.1, 0.15) is 0 Å². The molecule has 1 saturated heterocycles. The van der Waals surface area contributed by atoms with E-state index in [1.807, 2.05) is 6.92 Å². The van der Waals surface area contributed by atoms with Crippen molar-refractivity contribution in [2.24, 2.45) is 5.73 Å². The van der Waals surface area contributed by atoms with Crippen molar-refractivity contribution in [3.63, 3.8) is 0 Å². The van der Waals surface area contributed by atoms with E-state index in [9.17, 15) is 13.2 Å². The van der Waals surface area contributed by atoms with E-state index in [4.69, 9.17) is 5.73 Å². The average Bonchev–Trinajstić information content (AvgIpc) is 2.95. The Balaban J connectivity index is 0.00000264. The lowest BCUT2D eigenvalue weighted by molar-refractivity contribution is 0.0740. The number of nitrogens with zero attached hydrogens (tertiary/aromatic N) is 1. The first-order valence-corrected chi connectivity index (χ1v) is 9.00. The highest BCUT2D eigenvalue weighted by molar-refractivity contribution is 7.89. The lowest BCUT2D eigenvalue weighted by Gasteiger charge is -2.24. The Bertz CT molecular complexity index is 664. The highest BCUT2D eigenvalue weighted by Crippen LogP contribution is 2.23. The fourth-order valence-electron chi connectivity index (χ4n) is 2.77. The van der Waals surface area contributed by atoms with Crippen molar-refractivity contribution in [1.29, 1.82) is 0 Å². The average molecular weight is 362 g/mol. The Morgan fingerprint density at radius 1 is 1.43 bits per heavy atom. The van der Waals surface area contributed by atoms with Crippen LogP contribution in [0.25, 0.3) is 0 Å². The van der Waals surface area contributed by atoms with Gasteiger partial charge in [0, 0.05) is 31.2 Å². The second kappa shape index (κ2) is 8.10. The van der Waals surface area contributed by atoms with Crippen LogP contribution in [0, 0.1) is 6.92 Å². The normalized spacial score (nSPS) is 17.9. The number of amides is 1. The molecule has 1 aliphatic heterocycles. The topological polar surface area (TPSA) is 92.5 Å². The van der Waals surface area contributed by atoms with E-state index < -0.39 is 10.0 Å². The molecule has 1 aliphatic rings.